The average Bonchev–Trinajstić information content (AvgIpc) is 2.74. The number of anilines is 1. The van der Waals surface area contributed by atoms with Crippen molar-refractivity contribution < 1.29 is 9.59 Å². The second kappa shape index (κ2) is 9.54. The van der Waals surface area contributed by atoms with Gasteiger partial charge in [0.2, 0.25) is 11.8 Å². The van der Waals surface area contributed by atoms with Crippen LogP contribution in [0.5, 0.6) is 0 Å². The first-order valence-electron chi connectivity index (χ1n) is 9.61. The Morgan fingerprint density at radius 3 is 2.61 bits per heavy atom. The summed E-state index contributed by atoms with van der Waals surface area (Å²) in [4.78, 5) is 31.2. The highest BCUT2D eigenvalue weighted by atomic mass is 32.1. The smallest absolute Gasteiger partial charge is 0.243 e. The standard InChI is InChI=1S/C20H27N5O2S/c1-2-8-22-20(28)25-10-9-21-19(27)17(25)15-18(26)24-13-11-23(12-14-24)16-6-4-3-5-7-16/h2-7,17H,1,8-15H2,(H,21,27)(H,22,28). The lowest BCUT2D eigenvalue weighted by Crippen LogP contribution is -2.61. The zero-order valence-corrected chi connectivity index (χ0v) is 16.8. The van der Waals surface area contributed by atoms with Crippen LogP contribution >= 0.6 is 12.2 Å². The summed E-state index contributed by atoms with van der Waals surface area (Å²) in [5.41, 5.74) is 1.17. The molecule has 1 aromatic rings. The number of hydrogen-bond donors (Lipinski definition) is 2. The van der Waals surface area contributed by atoms with Crippen molar-refractivity contribution in [2.45, 2.75) is 12.5 Å². The molecule has 150 valence electrons. The Labute approximate surface area is 171 Å². The molecule has 8 heteroatoms. The molecule has 0 radical (unpaired) electrons. The molecule has 28 heavy (non-hydrogen) atoms. The molecule has 2 fully saturated rings. The molecule has 1 atom stereocenters. The van der Waals surface area contributed by atoms with E-state index in [9.17, 15) is 9.59 Å². The fourth-order valence-corrected chi connectivity index (χ4v) is 3.87. The van der Waals surface area contributed by atoms with Gasteiger partial charge in [0.15, 0.2) is 5.11 Å². The molecule has 0 aromatic heterocycles. The molecule has 2 aliphatic heterocycles. The topological polar surface area (TPSA) is 67.9 Å². The van der Waals surface area contributed by atoms with Crippen molar-refractivity contribution in [1.29, 1.82) is 0 Å². The summed E-state index contributed by atoms with van der Waals surface area (Å²) in [5.74, 6) is -0.156. The number of carbonyl (C=O) groups excluding carboxylic acids is 2. The Morgan fingerprint density at radius 2 is 1.93 bits per heavy atom. The number of para-hydroxylation sites is 1. The van der Waals surface area contributed by atoms with Crippen LogP contribution in [0.4, 0.5) is 5.69 Å². The summed E-state index contributed by atoms with van der Waals surface area (Å²) in [7, 11) is 0. The van der Waals surface area contributed by atoms with E-state index in [-0.39, 0.29) is 18.2 Å². The lowest BCUT2D eigenvalue weighted by molar-refractivity contribution is -0.137. The number of benzene rings is 1. The maximum atomic E-state index is 12.9. The molecule has 2 heterocycles. The van der Waals surface area contributed by atoms with Crippen molar-refractivity contribution in [1.82, 2.24) is 20.4 Å². The predicted octanol–water partition coefficient (Wildman–Crippen LogP) is 0.586. The normalized spacial score (nSPS) is 19.8. The van der Waals surface area contributed by atoms with E-state index in [1.165, 1.54) is 5.69 Å². The fraction of sp³-hybridized carbons (Fsp3) is 0.450. The summed E-state index contributed by atoms with van der Waals surface area (Å²) in [5, 5.41) is 6.39. The van der Waals surface area contributed by atoms with Gasteiger partial charge in [-0.3, -0.25) is 9.59 Å². The number of piperazine rings is 2. The van der Waals surface area contributed by atoms with Crippen LogP contribution in [0.15, 0.2) is 43.0 Å². The molecule has 0 spiro atoms. The van der Waals surface area contributed by atoms with Crippen LogP contribution < -0.4 is 15.5 Å². The maximum absolute atomic E-state index is 12.9. The monoisotopic (exact) mass is 401 g/mol. The quantitative estimate of drug-likeness (QED) is 0.556. The largest absolute Gasteiger partial charge is 0.368 e. The van der Waals surface area contributed by atoms with Crippen LogP contribution in [-0.4, -0.2) is 78.6 Å². The van der Waals surface area contributed by atoms with Gasteiger partial charge in [0.25, 0.3) is 0 Å². The van der Waals surface area contributed by atoms with Gasteiger partial charge in [0.05, 0.1) is 6.42 Å². The molecule has 0 aliphatic carbocycles. The van der Waals surface area contributed by atoms with Crippen LogP contribution in [0.3, 0.4) is 0 Å². The first-order valence-corrected chi connectivity index (χ1v) is 10.0. The highest BCUT2D eigenvalue weighted by molar-refractivity contribution is 7.80. The van der Waals surface area contributed by atoms with Gasteiger partial charge < -0.3 is 25.3 Å². The molecule has 3 rings (SSSR count). The van der Waals surface area contributed by atoms with Crippen molar-refractivity contribution in [2.75, 3.05) is 50.7 Å². The zero-order chi connectivity index (χ0) is 19.9. The van der Waals surface area contributed by atoms with Crippen molar-refractivity contribution >= 4 is 34.8 Å². The van der Waals surface area contributed by atoms with Gasteiger partial charge >= 0.3 is 0 Å². The summed E-state index contributed by atoms with van der Waals surface area (Å²) in [6, 6.07) is 9.63. The Bertz CT molecular complexity index is 719. The van der Waals surface area contributed by atoms with Gasteiger partial charge in [-0.2, -0.15) is 0 Å². The third-order valence-electron chi connectivity index (χ3n) is 5.11. The first-order chi connectivity index (χ1) is 13.6. The number of carbonyl (C=O) groups is 2. The molecule has 2 saturated heterocycles. The van der Waals surface area contributed by atoms with E-state index in [0.717, 1.165) is 13.1 Å². The number of hydrogen-bond acceptors (Lipinski definition) is 4. The number of nitrogens with zero attached hydrogens (tertiary/aromatic N) is 3. The Hall–Kier alpha value is -2.61. The highest BCUT2D eigenvalue weighted by Crippen LogP contribution is 2.17. The van der Waals surface area contributed by atoms with E-state index < -0.39 is 6.04 Å². The van der Waals surface area contributed by atoms with Crippen LogP contribution in [0.1, 0.15) is 6.42 Å². The van der Waals surface area contributed by atoms with E-state index in [2.05, 4.69) is 34.2 Å². The number of thiocarbonyl (C=S) groups is 1. The maximum Gasteiger partial charge on any atom is 0.243 e. The van der Waals surface area contributed by atoms with Crippen molar-refractivity contribution in [3.8, 4) is 0 Å². The molecular formula is C20H27N5O2S. The Kier molecular flexibility index (Phi) is 6.86. The van der Waals surface area contributed by atoms with Crippen molar-refractivity contribution in [3.05, 3.63) is 43.0 Å². The minimum atomic E-state index is -0.571. The van der Waals surface area contributed by atoms with E-state index in [0.29, 0.717) is 37.8 Å². The summed E-state index contributed by atoms with van der Waals surface area (Å²) in [6.07, 6.45) is 1.84. The number of amides is 2. The molecule has 1 aromatic carbocycles. The lowest BCUT2D eigenvalue weighted by atomic mass is 10.1. The van der Waals surface area contributed by atoms with Gasteiger partial charge in [-0.15, -0.1) is 6.58 Å². The average molecular weight is 402 g/mol. The second-order valence-corrected chi connectivity index (χ2v) is 7.27. The number of nitrogens with one attached hydrogen (secondary N) is 2. The van der Waals surface area contributed by atoms with Gasteiger partial charge in [-0.05, 0) is 24.4 Å². The second-order valence-electron chi connectivity index (χ2n) is 6.88. The van der Waals surface area contributed by atoms with E-state index >= 15 is 0 Å². The molecule has 2 amide bonds. The zero-order valence-electron chi connectivity index (χ0n) is 16.0. The van der Waals surface area contributed by atoms with Gasteiger partial charge in [-0.25, -0.2) is 0 Å². The molecule has 2 N–H and O–H groups in total. The molecular weight excluding hydrogens is 374 g/mol. The third-order valence-corrected chi connectivity index (χ3v) is 5.49. The predicted molar refractivity (Wildman–Crippen MR) is 114 cm³/mol. The third kappa shape index (κ3) is 4.81. The first kappa shape index (κ1) is 20.1. The van der Waals surface area contributed by atoms with Crippen LogP contribution in [0, 0.1) is 0 Å². The van der Waals surface area contributed by atoms with Crippen LogP contribution in [-0.2, 0) is 9.59 Å². The van der Waals surface area contributed by atoms with Crippen molar-refractivity contribution in [3.63, 3.8) is 0 Å². The van der Waals surface area contributed by atoms with Gasteiger partial charge in [0.1, 0.15) is 6.04 Å². The number of rotatable bonds is 5. The van der Waals surface area contributed by atoms with Crippen molar-refractivity contribution in [2.24, 2.45) is 0 Å². The Morgan fingerprint density at radius 1 is 1.21 bits per heavy atom. The Balaban J connectivity index is 1.57. The minimum Gasteiger partial charge on any atom is -0.368 e. The van der Waals surface area contributed by atoms with Gasteiger partial charge in [-0.1, -0.05) is 24.3 Å². The van der Waals surface area contributed by atoms with E-state index in [1.807, 2.05) is 28.0 Å². The summed E-state index contributed by atoms with van der Waals surface area (Å²) < 4.78 is 0. The highest BCUT2D eigenvalue weighted by Gasteiger charge is 2.34. The molecule has 1 unspecified atom stereocenters. The summed E-state index contributed by atoms with van der Waals surface area (Å²) in [6.45, 7) is 8.19. The fourth-order valence-electron chi connectivity index (χ4n) is 3.57. The molecule has 0 saturated carbocycles. The van der Waals surface area contributed by atoms with E-state index in [1.54, 1.807) is 6.08 Å². The lowest BCUT2D eigenvalue weighted by Gasteiger charge is -2.39. The van der Waals surface area contributed by atoms with Crippen LogP contribution in [0.25, 0.3) is 0 Å². The molecule has 7 nitrogen and oxygen atoms in total. The SMILES string of the molecule is C=CCNC(=S)N1CCNC(=O)C1CC(=O)N1CCN(c2ccccc2)CC1. The minimum absolute atomic E-state index is 0.00807. The van der Waals surface area contributed by atoms with Crippen LogP contribution in [0.2, 0.25) is 0 Å². The van der Waals surface area contributed by atoms with E-state index in [4.69, 9.17) is 12.2 Å². The van der Waals surface area contributed by atoms with Gasteiger partial charge in [0, 0.05) is 51.5 Å². The molecule has 2 aliphatic rings. The summed E-state index contributed by atoms with van der Waals surface area (Å²) >= 11 is 5.40. The molecule has 0 bridgehead atoms.